The van der Waals surface area contributed by atoms with Gasteiger partial charge in [-0.1, -0.05) is 12.1 Å². The molecule has 0 aliphatic heterocycles. The number of methoxy groups -OCH3 is 1. The van der Waals surface area contributed by atoms with Crippen molar-refractivity contribution in [3.05, 3.63) is 46.8 Å². The molecule has 1 N–H and O–H groups in total. The first-order valence-electron chi connectivity index (χ1n) is 7.04. The van der Waals surface area contributed by atoms with E-state index in [1.807, 2.05) is 27.0 Å². The zero-order chi connectivity index (χ0) is 17.0. The van der Waals surface area contributed by atoms with E-state index in [0.29, 0.717) is 11.4 Å². The van der Waals surface area contributed by atoms with E-state index in [4.69, 9.17) is 4.74 Å². The van der Waals surface area contributed by atoms with Gasteiger partial charge in [0.2, 0.25) is 0 Å². The number of hydrogen-bond donors (Lipinski definition) is 1. The van der Waals surface area contributed by atoms with Gasteiger partial charge in [-0.2, -0.15) is 10.4 Å². The van der Waals surface area contributed by atoms with Gasteiger partial charge in [0.25, 0.3) is 5.91 Å². The summed E-state index contributed by atoms with van der Waals surface area (Å²) < 4.78 is 6.91. The van der Waals surface area contributed by atoms with Gasteiger partial charge in [0.05, 0.1) is 18.5 Å². The highest BCUT2D eigenvalue weighted by atomic mass is 16.5. The molecule has 0 spiro atoms. The Bertz CT molecular complexity index is 812. The van der Waals surface area contributed by atoms with Crippen molar-refractivity contribution in [1.29, 1.82) is 5.26 Å². The second-order valence-corrected chi connectivity index (χ2v) is 5.03. The van der Waals surface area contributed by atoms with Crippen LogP contribution in [0.2, 0.25) is 0 Å². The predicted molar refractivity (Wildman–Crippen MR) is 87.9 cm³/mol. The van der Waals surface area contributed by atoms with Crippen LogP contribution < -0.4 is 10.1 Å². The van der Waals surface area contributed by atoms with Crippen molar-refractivity contribution in [3.63, 3.8) is 0 Å². The lowest BCUT2D eigenvalue weighted by atomic mass is 10.1. The number of hydrogen-bond acceptors (Lipinski definition) is 4. The van der Waals surface area contributed by atoms with Crippen LogP contribution in [0, 0.1) is 25.2 Å². The highest BCUT2D eigenvalue weighted by Gasteiger charge is 2.15. The Kier molecular flexibility index (Phi) is 4.82. The number of aromatic nitrogens is 2. The molecule has 1 amide bonds. The van der Waals surface area contributed by atoms with E-state index < -0.39 is 5.91 Å². The molecule has 0 atom stereocenters. The molecular weight excluding hydrogens is 292 g/mol. The Balaban J connectivity index is 2.32. The zero-order valence-electron chi connectivity index (χ0n) is 13.5. The summed E-state index contributed by atoms with van der Waals surface area (Å²) in [6.45, 7) is 3.73. The van der Waals surface area contributed by atoms with Crippen LogP contribution in [0.15, 0.2) is 29.8 Å². The van der Waals surface area contributed by atoms with Crippen LogP contribution in [0.4, 0.5) is 5.69 Å². The molecule has 118 valence electrons. The molecule has 0 saturated carbocycles. The zero-order valence-corrected chi connectivity index (χ0v) is 13.5. The highest BCUT2D eigenvalue weighted by Crippen LogP contribution is 2.24. The fourth-order valence-electron chi connectivity index (χ4n) is 2.23. The first-order chi connectivity index (χ1) is 11.0. The predicted octanol–water partition coefficient (Wildman–Crippen LogP) is 2.59. The average Bonchev–Trinajstić information content (AvgIpc) is 2.78. The van der Waals surface area contributed by atoms with Crippen molar-refractivity contribution in [3.8, 4) is 11.8 Å². The molecular formula is C17H18N4O2. The highest BCUT2D eigenvalue weighted by molar-refractivity contribution is 6.10. The number of carbonyl (C=O) groups is 1. The number of nitriles is 1. The van der Waals surface area contributed by atoms with Crippen molar-refractivity contribution in [2.75, 3.05) is 12.4 Å². The number of ether oxygens (including phenoxy) is 1. The van der Waals surface area contributed by atoms with E-state index in [0.717, 1.165) is 17.0 Å². The van der Waals surface area contributed by atoms with Gasteiger partial charge in [-0.05, 0) is 32.1 Å². The normalized spacial score (nSPS) is 11.0. The number of carbonyl (C=O) groups excluding carboxylic acids is 1. The maximum absolute atomic E-state index is 12.4. The third-order valence-corrected chi connectivity index (χ3v) is 3.57. The van der Waals surface area contributed by atoms with Gasteiger partial charge in [-0.3, -0.25) is 9.48 Å². The Morgan fingerprint density at radius 2 is 2.09 bits per heavy atom. The van der Waals surface area contributed by atoms with Gasteiger partial charge in [-0.15, -0.1) is 0 Å². The number of amides is 1. The standard InChI is InChI=1S/C17H18N4O2/c1-11-14(12(2)21(3)20-11)9-13(10-18)17(22)19-15-7-5-6-8-16(15)23-4/h5-9H,1-4H3,(H,19,22). The molecule has 1 heterocycles. The van der Waals surface area contributed by atoms with Crippen LogP contribution in [-0.2, 0) is 11.8 Å². The van der Waals surface area contributed by atoms with Gasteiger partial charge in [0.15, 0.2) is 0 Å². The largest absolute Gasteiger partial charge is 0.495 e. The van der Waals surface area contributed by atoms with Gasteiger partial charge < -0.3 is 10.1 Å². The SMILES string of the molecule is COc1ccccc1NC(=O)C(C#N)=Cc1c(C)nn(C)c1C. The van der Waals surface area contributed by atoms with Gasteiger partial charge >= 0.3 is 0 Å². The molecule has 2 rings (SSSR count). The molecule has 0 bridgehead atoms. The Morgan fingerprint density at radius 1 is 1.39 bits per heavy atom. The van der Waals surface area contributed by atoms with Crippen LogP contribution >= 0.6 is 0 Å². The van der Waals surface area contributed by atoms with E-state index >= 15 is 0 Å². The lowest BCUT2D eigenvalue weighted by Gasteiger charge is -2.09. The topological polar surface area (TPSA) is 79.9 Å². The molecule has 0 unspecified atom stereocenters. The number of rotatable bonds is 4. The van der Waals surface area contributed by atoms with Gasteiger partial charge in [0, 0.05) is 18.3 Å². The van der Waals surface area contributed by atoms with E-state index in [-0.39, 0.29) is 5.57 Å². The van der Waals surface area contributed by atoms with Gasteiger partial charge in [-0.25, -0.2) is 0 Å². The number of para-hydroxylation sites is 2. The lowest BCUT2D eigenvalue weighted by Crippen LogP contribution is -2.14. The maximum atomic E-state index is 12.4. The first kappa shape index (κ1) is 16.3. The molecule has 23 heavy (non-hydrogen) atoms. The lowest BCUT2D eigenvalue weighted by molar-refractivity contribution is -0.112. The van der Waals surface area contributed by atoms with Crippen LogP contribution in [0.5, 0.6) is 5.75 Å². The summed E-state index contributed by atoms with van der Waals surface area (Å²) in [7, 11) is 3.34. The number of benzene rings is 1. The van der Waals surface area contributed by atoms with Crippen LogP contribution in [-0.4, -0.2) is 22.8 Å². The van der Waals surface area contributed by atoms with Crippen molar-refractivity contribution in [2.45, 2.75) is 13.8 Å². The molecule has 6 nitrogen and oxygen atoms in total. The third-order valence-electron chi connectivity index (χ3n) is 3.57. The summed E-state index contributed by atoms with van der Waals surface area (Å²) in [6, 6.07) is 8.98. The maximum Gasteiger partial charge on any atom is 0.266 e. The quantitative estimate of drug-likeness (QED) is 0.695. The van der Waals surface area contributed by atoms with E-state index in [1.165, 1.54) is 7.11 Å². The molecule has 2 aromatic rings. The molecule has 1 aromatic carbocycles. The molecule has 0 radical (unpaired) electrons. The Morgan fingerprint density at radius 3 is 2.65 bits per heavy atom. The van der Waals surface area contributed by atoms with Crippen LogP contribution in [0.3, 0.4) is 0 Å². The fraction of sp³-hybridized carbons (Fsp3) is 0.235. The molecule has 0 aliphatic carbocycles. The molecule has 1 aromatic heterocycles. The van der Waals surface area contributed by atoms with E-state index in [1.54, 1.807) is 35.0 Å². The van der Waals surface area contributed by atoms with Crippen molar-refractivity contribution >= 4 is 17.7 Å². The Labute approximate surface area is 135 Å². The minimum Gasteiger partial charge on any atom is -0.495 e. The summed E-state index contributed by atoms with van der Waals surface area (Å²) in [4.78, 5) is 12.4. The van der Waals surface area contributed by atoms with E-state index in [2.05, 4.69) is 10.4 Å². The summed E-state index contributed by atoms with van der Waals surface area (Å²) in [5.74, 6) is 0.0477. The number of nitrogens with one attached hydrogen (secondary N) is 1. The molecule has 0 saturated heterocycles. The number of anilines is 1. The summed E-state index contributed by atoms with van der Waals surface area (Å²) in [6.07, 6.45) is 1.56. The van der Waals surface area contributed by atoms with Crippen LogP contribution in [0.25, 0.3) is 6.08 Å². The third kappa shape index (κ3) is 3.40. The fourth-order valence-corrected chi connectivity index (χ4v) is 2.23. The number of aryl methyl sites for hydroxylation is 2. The summed E-state index contributed by atoms with van der Waals surface area (Å²) in [5, 5.41) is 16.3. The van der Waals surface area contributed by atoms with Crippen molar-refractivity contribution in [1.82, 2.24) is 9.78 Å². The average molecular weight is 310 g/mol. The second-order valence-electron chi connectivity index (χ2n) is 5.03. The number of nitrogens with zero attached hydrogens (tertiary/aromatic N) is 3. The summed E-state index contributed by atoms with van der Waals surface area (Å²) >= 11 is 0. The molecule has 6 heteroatoms. The Hall–Kier alpha value is -3.07. The monoisotopic (exact) mass is 310 g/mol. The smallest absolute Gasteiger partial charge is 0.266 e. The molecule has 0 aliphatic rings. The van der Waals surface area contributed by atoms with Crippen molar-refractivity contribution < 1.29 is 9.53 Å². The van der Waals surface area contributed by atoms with E-state index in [9.17, 15) is 10.1 Å². The minimum atomic E-state index is -0.486. The van der Waals surface area contributed by atoms with Crippen LogP contribution in [0.1, 0.15) is 17.0 Å². The van der Waals surface area contributed by atoms with Crippen molar-refractivity contribution in [2.24, 2.45) is 7.05 Å². The second kappa shape index (κ2) is 6.79. The minimum absolute atomic E-state index is 0.00936. The summed E-state index contributed by atoms with van der Waals surface area (Å²) in [5.41, 5.74) is 2.96. The first-order valence-corrected chi connectivity index (χ1v) is 7.04. The van der Waals surface area contributed by atoms with Gasteiger partial charge in [0.1, 0.15) is 17.4 Å². The molecule has 0 fully saturated rings.